The Morgan fingerprint density at radius 2 is 2.12 bits per heavy atom. The second-order valence-electron chi connectivity index (χ2n) is 5.07. The molecule has 1 fully saturated rings. The highest BCUT2D eigenvalue weighted by Gasteiger charge is 2.32. The summed E-state index contributed by atoms with van der Waals surface area (Å²) in [6.45, 7) is 4.24. The molecule has 0 aromatic heterocycles. The maximum Gasteiger partial charge on any atom is 0.237 e. The molecule has 1 atom stereocenters. The molecule has 0 spiro atoms. The third-order valence-electron chi connectivity index (χ3n) is 3.64. The summed E-state index contributed by atoms with van der Waals surface area (Å²) in [6, 6.07) is -0.521. The molecule has 4 heteroatoms. The second-order valence-corrected chi connectivity index (χ2v) is 5.07. The number of hydrogen-bond acceptors (Lipinski definition) is 3. The number of nitrogens with two attached hydrogens (primary N) is 1. The monoisotopic (exact) mass is 240 g/mol. The van der Waals surface area contributed by atoms with Crippen molar-refractivity contribution in [3.63, 3.8) is 0 Å². The van der Waals surface area contributed by atoms with E-state index in [4.69, 9.17) is 5.73 Å². The van der Waals surface area contributed by atoms with Gasteiger partial charge in [0.05, 0.1) is 12.6 Å². The van der Waals surface area contributed by atoms with Crippen LogP contribution in [0.15, 0.2) is 12.7 Å². The number of hydrogen-bond donors (Lipinski definition) is 3. The minimum atomic E-state index is -0.521. The Bertz CT molecular complexity index is 260. The lowest BCUT2D eigenvalue weighted by Crippen LogP contribution is -2.47. The minimum absolute atomic E-state index is 0.123. The van der Waals surface area contributed by atoms with E-state index in [9.17, 15) is 9.90 Å². The normalized spacial score (nSPS) is 20.6. The summed E-state index contributed by atoms with van der Waals surface area (Å²) in [5, 5.41) is 12.4. The number of rotatable bonds is 6. The molecule has 0 aliphatic heterocycles. The van der Waals surface area contributed by atoms with Crippen LogP contribution in [0, 0.1) is 5.41 Å². The first-order valence-electron chi connectivity index (χ1n) is 6.38. The fourth-order valence-electron chi connectivity index (χ4n) is 2.38. The van der Waals surface area contributed by atoms with E-state index in [2.05, 4.69) is 11.9 Å². The Labute approximate surface area is 103 Å². The maximum absolute atomic E-state index is 11.7. The van der Waals surface area contributed by atoms with E-state index in [0.717, 1.165) is 25.7 Å². The van der Waals surface area contributed by atoms with Gasteiger partial charge in [-0.25, -0.2) is 0 Å². The molecule has 98 valence electrons. The summed E-state index contributed by atoms with van der Waals surface area (Å²) in [6.07, 6.45) is 7.60. The predicted octanol–water partition coefficient (Wildman–Crippen LogP) is 0.949. The maximum atomic E-state index is 11.7. The second kappa shape index (κ2) is 6.77. The van der Waals surface area contributed by atoms with Gasteiger partial charge in [-0.15, -0.1) is 6.58 Å². The number of amides is 1. The molecular formula is C13H24N2O2. The van der Waals surface area contributed by atoms with Crippen LogP contribution in [0.4, 0.5) is 0 Å². The van der Waals surface area contributed by atoms with Crippen LogP contribution in [-0.4, -0.2) is 30.2 Å². The minimum Gasteiger partial charge on any atom is -0.396 e. The number of aliphatic hydroxyl groups is 1. The summed E-state index contributed by atoms with van der Waals surface area (Å²) in [4.78, 5) is 11.7. The molecule has 4 N–H and O–H groups in total. The van der Waals surface area contributed by atoms with Crippen LogP contribution in [0.25, 0.3) is 0 Å². The van der Waals surface area contributed by atoms with Crippen molar-refractivity contribution in [2.24, 2.45) is 11.1 Å². The number of aliphatic hydroxyl groups excluding tert-OH is 1. The highest BCUT2D eigenvalue weighted by Crippen LogP contribution is 2.35. The van der Waals surface area contributed by atoms with Gasteiger partial charge in [0.25, 0.3) is 0 Å². The van der Waals surface area contributed by atoms with Gasteiger partial charge in [0, 0.05) is 12.0 Å². The Balaban J connectivity index is 2.41. The van der Waals surface area contributed by atoms with Crippen molar-refractivity contribution < 1.29 is 9.90 Å². The Morgan fingerprint density at radius 3 is 2.65 bits per heavy atom. The lowest BCUT2D eigenvalue weighted by Gasteiger charge is -2.35. The summed E-state index contributed by atoms with van der Waals surface area (Å²) in [5.74, 6) is -0.150. The van der Waals surface area contributed by atoms with Gasteiger partial charge >= 0.3 is 0 Å². The van der Waals surface area contributed by atoms with Crippen LogP contribution in [0.2, 0.25) is 0 Å². The van der Waals surface area contributed by atoms with Crippen LogP contribution in [-0.2, 0) is 4.79 Å². The van der Waals surface area contributed by atoms with E-state index in [0.29, 0.717) is 13.0 Å². The van der Waals surface area contributed by atoms with Gasteiger partial charge in [-0.2, -0.15) is 0 Å². The fraction of sp³-hybridized carbons (Fsp3) is 0.769. The van der Waals surface area contributed by atoms with E-state index < -0.39 is 6.04 Å². The third kappa shape index (κ3) is 4.13. The van der Waals surface area contributed by atoms with Crippen LogP contribution >= 0.6 is 0 Å². The molecule has 1 unspecified atom stereocenters. The third-order valence-corrected chi connectivity index (χ3v) is 3.64. The van der Waals surface area contributed by atoms with Crippen molar-refractivity contribution in [2.75, 3.05) is 13.2 Å². The molecule has 0 saturated heterocycles. The fourth-order valence-corrected chi connectivity index (χ4v) is 2.38. The Kier molecular flexibility index (Phi) is 5.65. The number of carbonyl (C=O) groups is 1. The molecule has 0 aromatic carbocycles. The highest BCUT2D eigenvalue weighted by atomic mass is 16.3. The average Bonchev–Trinajstić information content (AvgIpc) is 2.37. The van der Waals surface area contributed by atoms with Gasteiger partial charge in [-0.05, 0) is 19.3 Å². The first kappa shape index (κ1) is 14.2. The molecule has 17 heavy (non-hydrogen) atoms. The molecule has 1 aliphatic rings. The zero-order valence-electron chi connectivity index (χ0n) is 10.5. The van der Waals surface area contributed by atoms with Crippen LogP contribution in [0.3, 0.4) is 0 Å². The lowest BCUT2D eigenvalue weighted by atomic mass is 9.74. The van der Waals surface area contributed by atoms with Crippen molar-refractivity contribution in [1.29, 1.82) is 0 Å². The van der Waals surface area contributed by atoms with Crippen LogP contribution in [0.5, 0.6) is 0 Å². The van der Waals surface area contributed by atoms with Crippen molar-refractivity contribution >= 4 is 5.91 Å². The molecule has 0 aromatic rings. The first-order chi connectivity index (χ1) is 8.13. The van der Waals surface area contributed by atoms with Gasteiger partial charge in [0.2, 0.25) is 5.91 Å². The SMILES string of the molecule is C=CCC(N)C(=O)NCC1(CO)CCCCC1. The molecule has 1 rings (SSSR count). The van der Waals surface area contributed by atoms with Crippen molar-refractivity contribution in [3.05, 3.63) is 12.7 Å². The van der Waals surface area contributed by atoms with E-state index in [-0.39, 0.29) is 17.9 Å². The number of carbonyl (C=O) groups excluding carboxylic acids is 1. The largest absolute Gasteiger partial charge is 0.396 e. The summed E-state index contributed by atoms with van der Waals surface area (Å²) in [7, 11) is 0. The average molecular weight is 240 g/mol. The van der Waals surface area contributed by atoms with Gasteiger partial charge in [-0.1, -0.05) is 25.3 Å². The van der Waals surface area contributed by atoms with E-state index in [1.165, 1.54) is 6.42 Å². The van der Waals surface area contributed by atoms with Crippen LogP contribution < -0.4 is 11.1 Å². The summed E-state index contributed by atoms with van der Waals surface area (Å²) in [5.41, 5.74) is 5.56. The van der Waals surface area contributed by atoms with E-state index >= 15 is 0 Å². The van der Waals surface area contributed by atoms with Gasteiger partial charge in [-0.3, -0.25) is 4.79 Å². The zero-order valence-corrected chi connectivity index (χ0v) is 10.5. The Hall–Kier alpha value is -0.870. The van der Waals surface area contributed by atoms with E-state index in [1.807, 2.05) is 0 Å². The molecule has 1 aliphatic carbocycles. The lowest BCUT2D eigenvalue weighted by molar-refractivity contribution is -0.123. The topological polar surface area (TPSA) is 75.4 Å². The zero-order chi connectivity index (χ0) is 12.7. The highest BCUT2D eigenvalue weighted by molar-refractivity contribution is 5.81. The molecule has 0 bridgehead atoms. The van der Waals surface area contributed by atoms with Gasteiger partial charge in [0.15, 0.2) is 0 Å². The van der Waals surface area contributed by atoms with Crippen LogP contribution in [0.1, 0.15) is 38.5 Å². The summed E-state index contributed by atoms with van der Waals surface area (Å²) < 4.78 is 0. The molecule has 4 nitrogen and oxygen atoms in total. The molecular weight excluding hydrogens is 216 g/mol. The summed E-state index contributed by atoms with van der Waals surface area (Å²) >= 11 is 0. The van der Waals surface area contributed by atoms with Crippen molar-refractivity contribution in [3.8, 4) is 0 Å². The molecule has 1 saturated carbocycles. The van der Waals surface area contributed by atoms with Gasteiger partial charge in [0.1, 0.15) is 0 Å². The van der Waals surface area contributed by atoms with E-state index in [1.54, 1.807) is 6.08 Å². The first-order valence-corrected chi connectivity index (χ1v) is 6.38. The Morgan fingerprint density at radius 1 is 1.47 bits per heavy atom. The smallest absolute Gasteiger partial charge is 0.237 e. The molecule has 0 heterocycles. The van der Waals surface area contributed by atoms with Crippen molar-refractivity contribution in [1.82, 2.24) is 5.32 Å². The quantitative estimate of drug-likeness (QED) is 0.605. The molecule has 0 radical (unpaired) electrons. The van der Waals surface area contributed by atoms with Crippen molar-refractivity contribution in [2.45, 2.75) is 44.6 Å². The van der Waals surface area contributed by atoms with Gasteiger partial charge < -0.3 is 16.2 Å². The standard InChI is InChI=1S/C13H24N2O2/c1-2-6-11(14)12(17)15-9-13(10-16)7-4-3-5-8-13/h2,11,16H,1,3-10,14H2,(H,15,17). The predicted molar refractivity (Wildman–Crippen MR) is 68.4 cm³/mol. The molecule has 1 amide bonds. The number of nitrogens with one attached hydrogen (secondary N) is 1.